The van der Waals surface area contributed by atoms with E-state index in [1.807, 2.05) is 6.07 Å². The second kappa shape index (κ2) is 8.33. The summed E-state index contributed by atoms with van der Waals surface area (Å²) in [6.07, 6.45) is 1.68. The van der Waals surface area contributed by atoms with E-state index in [-0.39, 0.29) is 10.6 Å². The number of halogens is 1. The number of thioether (sulfide) groups is 1. The summed E-state index contributed by atoms with van der Waals surface area (Å²) in [7, 11) is -2.47. The van der Waals surface area contributed by atoms with Gasteiger partial charge >= 0.3 is 10.1 Å². The molecule has 154 valence electrons. The second-order valence-corrected chi connectivity index (χ2v) is 8.70. The lowest BCUT2D eigenvalue weighted by atomic mass is 10.3. The second-order valence-electron chi connectivity index (χ2n) is 6.19. The summed E-state index contributed by atoms with van der Waals surface area (Å²) in [4.78, 5) is 11.8. The third-order valence-corrected chi connectivity index (χ3v) is 6.29. The van der Waals surface area contributed by atoms with E-state index in [1.165, 1.54) is 17.8 Å². The minimum atomic E-state index is -4.07. The Kier molecular flexibility index (Phi) is 5.60. The number of nitrogens with one attached hydrogen (secondary N) is 1. The van der Waals surface area contributed by atoms with Gasteiger partial charge in [0.25, 0.3) is 0 Å². The lowest BCUT2D eigenvalue weighted by Crippen LogP contribution is -2.09. The minimum Gasteiger partial charge on any atom is -0.497 e. The van der Waals surface area contributed by atoms with Crippen LogP contribution >= 0.6 is 11.8 Å². The van der Waals surface area contributed by atoms with Gasteiger partial charge in [0.1, 0.15) is 22.2 Å². The zero-order chi connectivity index (χ0) is 21.1. The highest BCUT2D eigenvalue weighted by Crippen LogP contribution is 2.27. The third kappa shape index (κ3) is 4.55. The van der Waals surface area contributed by atoms with Crippen molar-refractivity contribution in [3.63, 3.8) is 0 Å². The highest BCUT2D eigenvalue weighted by Gasteiger charge is 2.17. The van der Waals surface area contributed by atoms with Gasteiger partial charge in [0.2, 0.25) is 0 Å². The van der Waals surface area contributed by atoms with Gasteiger partial charge < -0.3 is 13.9 Å². The molecule has 1 N–H and O–H groups in total. The molecule has 7 nitrogen and oxygen atoms in total. The van der Waals surface area contributed by atoms with E-state index in [0.717, 1.165) is 35.7 Å². The first-order chi connectivity index (χ1) is 14.4. The Morgan fingerprint density at radius 3 is 2.63 bits per heavy atom. The zero-order valence-electron chi connectivity index (χ0n) is 15.7. The molecule has 0 spiro atoms. The molecule has 2 aromatic carbocycles. The van der Waals surface area contributed by atoms with E-state index in [0.29, 0.717) is 21.9 Å². The van der Waals surface area contributed by atoms with Gasteiger partial charge in [-0.25, -0.2) is 9.37 Å². The van der Waals surface area contributed by atoms with Gasteiger partial charge in [-0.05, 0) is 42.5 Å². The Morgan fingerprint density at radius 2 is 1.87 bits per heavy atom. The van der Waals surface area contributed by atoms with Crippen molar-refractivity contribution in [3.05, 3.63) is 72.3 Å². The average Bonchev–Trinajstić information content (AvgIpc) is 3.14. The highest BCUT2D eigenvalue weighted by molar-refractivity contribution is 7.98. The third-order valence-electron chi connectivity index (χ3n) is 4.12. The van der Waals surface area contributed by atoms with Gasteiger partial charge in [0, 0.05) is 24.1 Å². The van der Waals surface area contributed by atoms with Crippen molar-refractivity contribution in [3.8, 4) is 11.5 Å². The van der Waals surface area contributed by atoms with Crippen molar-refractivity contribution in [2.24, 2.45) is 0 Å². The van der Waals surface area contributed by atoms with Crippen LogP contribution in [0.25, 0.3) is 11.0 Å². The van der Waals surface area contributed by atoms with Crippen LogP contribution in [-0.4, -0.2) is 30.5 Å². The number of methoxy groups -OCH3 is 1. The molecular formula is C20H16FN3O4S2. The molecule has 0 fully saturated rings. The number of fused-ring (bicyclic) bond motifs is 1. The molecule has 0 aliphatic rings. The van der Waals surface area contributed by atoms with Crippen molar-refractivity contribution in [2.45, 2.75) is 15.8 Å². The number of hydrogen-bond donors (Lipinski definition) is 1. The van der Waals surface area contributed by atoms with Crippen LogP contribution in [0.15, 0.2) is 70.8 Å². The van der Waals surface area contributed by atoms with Crippen molar-refractivity contribution in [2.75, 3.05) is 7.11 Å². The monoisotopic (exact) mass is 445 g/mol. The first-order valence-corrected chi connectivity index (χ1v) is 11.1. The molecule has 0 aliphatic heterocycles. The van der Waals surface area contributed by atoms with Gasteiger partial charge in [-0.2, -0.15) is 8.42 Å². The first kappa shape index (κ1) is 20.2. The van der Waals surface area contributed by atoms with E-state index in [9.17, 15) is 12.8 Å². The van der Waals surface area contributed by atoms with E-state index in [4.69, 9.17) is 8.92 Å². The van der Waals surface area contributed by atoms with Crippen LogP contribution in [0.5, 0.6) is 11.5 Å². The SMILES string of the molecule is COc1ccnc(CSc2nc3ccc(OS(=O)(=O)c4ccc(F)cc4)cc3[nH]2)c1. The van der Waals surface area contributed by atoms with E-state index in [1.54, 1.807) is 31.5 Å². The van der Waals surface area contributed by atoms with Gasteiger partial charge in [-0.15, -0.1) is 0 Å². The summed E-state index contributed by atoms with van der Waals surface area (Å²) < 4.78 is 48.1. The number of imidazole rings is 1. The minimum absolute atomic E-state index is 0.126. The number of aromatic nitrogens is 3. The number of pyridine rings is 1. The summed E-state index contributed by atoms with van der Waals surface area (Å²) in [6, 6.07) is 12.8. The molecule has 0 aliphatic carbocycles. The molecule has 10 heteroatoms. The summed E-state index contributed by atoms with van der Waals surface area (Å²) >= 11 is 1.46. The van der Waals surface area contributed by atoms with Crippen molar-refractivity contribution in [1.29, 1.82) is 0 Å². The smallest absolute Gasteiger partial charge is 0.339 e. The summed E-state index contributed by atoms with van der Waals surface area (Å²) in [5, 5.41) is 0.660. The summed E-state index contributed by atoms with van der Waals surface area (Å²) in [5.41, 5.74) is 2.14. The summed E-state index contributed by atoms with van der Waals surface area (Å²) in [6.45, 7) is 0. The maximum Gasteiger partial charge on any atom is 0.339 e. The standard InChI is InChI=1S/C20H16FN3O4S2/c1-27-15-8-9-22-14(10-15)12-29-20-23-18-7-4-16(11-19(18)24-20)28-30(25,26)17-5-2-13(21)3-6-17/h2-11H,12H2,1H3,(H,23,24). The Hall–Kier alpha value is -3.11. The fourth-order valence-corrected chi connectivity index (χ4v) is 4.38. The maximum absolute atomic E-state index is 13.0. The molecular weight excluding hydrogens is 429 g/mol. The van der Waals surface area contributed by atoms with E-state index >= 15 is 0 Å². The predicted octanol–water partition coefficient (Wildman–Crippen LogP) is 4.17. The lowest BCUT2D eigenvalue weighted by Gasteiger charge is -2.06. The molecule has 4 rings (SSSR count). The van der Waals surface area contributed by atoms with Gasteiger partial charge in [0.05, 0.1) is 23.8 Å². The van der Waals surface area contributed by atoms with Crippen LogP contribution < -0.4 is 8.92 Å². The number of nitrogens with zero attached hydrogens (tertiary/aromatic N) is 2. The quantitative estimate of drug-likeness (QED) is 0.337. The Labute approximate surface area is 176 Å². The Morgan fingerprint density at radius 1 is 1.07 bits per heavy atom. The van der Waals surface area contributed by atoms with Gasteiger partial charge in [-0.1, -0.05) is 11.8 Å². The van der Waals surface area contributed by atoms with Crippen LogP contribution in [0.1, 0.15) is 5.69 Å². The topological polar surface area (TPSA) is 94.2 Å². The molecule has 2 heterocycles. The largest absolute Gasteiger partial charge is 0.497 e. The van der Waals surface area contributed by atoms with Crippen molar-refractivity contribution >= 4 is 32.9 Å². The number of benzene rings is 2. The predicted molar refractivity (Wildman–Crippen MR) is 111 cm³/mol. The molecule has 0 saturated carbocycles. The molecule has 0 radical (unpaired) electrons. The van der Waals surface area contributed by atoms with Crippen LogP contribution in [0, 0.1) is 5.82 Å². The Balaban J connectivity index is 1.50. The molecule has 0 bridgehead atoms. The molecule has 2 aromatic heterocycles. The fourth-order valence-electron chi connectivity index (χ4n) is 2.67. The average molecular weight is 445 g/mol. The maximum atomic E-state index is 13.0. The van der Waals surface area contributed by atoms with E-state index in [2.05, 4.69) is 15.0 Å². The molecule has 30 heavy (non-hydrogen) atoms. The molecule has 4 aromatic rings. The lowest BCUT2D eigenvalue weighted by molar-refractivity contribution is 0.413. The summed E-state index contributed by atoms with van der Waals surface area (Å²) in [5.74, 6) is 0.914. The van der Waals surface area contributed by atoms with Crippen molar-refractivity contribution in [1.82, 2.24) is 15.0 Å². The molecule has 0 atom stereocenters. The number of rotatable bonds is 7. The number of aromatic amines is 1. The number of H-pyrrole nitrogens is 1. The van der Waals surface area contributed by atoms with Gasteiger partial charge in [0.15, 0.2) is 5.16 Å². The van der Waals surface area contributed by atoms with Crippen LogP contribution in [0.4, 0.5) is 4.39 Å². The fraction of sp³-hybridized carbons (Fsp3) is 0.100. The van der Waals surface area contributed by atoms with Crippen LogP contribution in [0.3, 0.4) is 0 Å². The molecule has 0 amide bonds. The molecule has 0 unspecified atom stereocenters. The van der Waals surface area contributed by atoms with E-state index < -0.39 is 15.9 Å². The van der Waals surface area contributed by atoms with Gasteiger partial charge in [-0.3, -0.25) is 4.98 Å². The Bertz CT molecular complexity index is 1290. The van der Waals surface area contributed by atoms with Crippen molar-refractivity contribution < 1.29 is 21.7 Å². The normalized spacial score (nSPS) is 11.5. The van der Waals surface area contributed by atoms with Crippen LogP contribution in [0.2, 0.25) is 0 Å². The number of ether oxygens (including phenoxy) is 1. The molecule has 0 saturated heterocycles. The number of hydrogen-bond acceptors (Lipinski definition) is 7. The van der Waals surface area contributed by atoms with Crippen LogP contribution in [-0.2, 0) is 15.9 Å². The zero-order valence-corrected chi connectivity index (χ0v) is 17.3. The highest BCUT2D eigenvalue weighted by atomic mass is 32.2. The first-order valence-electron chi connectivity index (χ1n) is 8.74.